The maximum absolute atomic E-state index is 11.5. The minimum atomic E-state index is 0.127. The second kappa shape index (κ2) is 3.90. The first kappa shape index (κ1) is 9.52. The predicted molar refractivity (Wildman–Crippen MR) is 46.3 cm³/mol. The zero-order valence-corrected chi connectivity index (χ0v) is 8.04. The van der Waals surface area contributed by atoms with Crippen LogP contribution in [-0.2, 0) is 9.63 Å². The molecule has 1 aliphatic rings. The molecule has 0 heterocycles. The standard InChI is InChI=1S/C9H17NO2/c1-7-4-5-8(6-7)9(11)10(2)12-3/h7-8H,4-6H2,1-3H3. The van der Waals surface area contributed by atoms with Crippen LogP contribution in [0, 0.1) is 11.8 Å². The van der Waals surface area contributed by atoms with Crippen LogP contribution >= 0.6 is 0 Å². The number of hydroxylamine groups is 2. The van der Waals surface area contributed by atoms with Crippen LogP contribution in [0.4, 0.5) is 0 Å². The number of hydrogen-bond acceptors (Lipinski definition) is 2. The van der Waals surface area contributed by atoms with Crippen LogP contribution in [0.3, 0.4) is 0 Å². The van der Waals surface area contributed by atoms with Crippen molar-refractivity contribution in [2.45, 2.75) is 26.2 Å². The summed E-state index contributed by atoms with van der Waals surface area (Å²) < 4.78 is 0. The van der Waals surface area contributed by atoms with Crippen LogP contribution in [0.25, 0.3) is 0 Å². The van der Waals surface area contributed by atoms with Crippen LogP contribution in [-0.4, -0.2) is 25.1 Å². The van der Waals surface area contributed by atoms with E-state index < -0.39 is 0 Å². The van der Waals surface area contributed by atoms with Crippen molar-refractivity contribution in [3.8, 4) is 0 Å². The van der Waals surface area contributed by atoms with Gasteiger partial charge in [-0.05, 0) is 25.2 Å². The van der Waals surface area contributed by atoms with Crippen molar-refractivity contribution >= 4 is 5.91 Å². The van der Waals surface area contributed by atoms with Gasteiger partial charge in [-0.1, -0.05) is 6.92 Å². The lowest BCUT2D eigenvalue weighted by molar-refractivity contribution is -0.173. The Bertz CT molecular complexity index is 170. The third-order valence-corrected chi connectivity index (χ3v) is 2.63. The van der Waals surface area contributed by atoms with Gasteiger partial charge in [-0.15, -0.1) is 0 Å². The summed E-state index contributed by atoms with van der Waals surface area (Å²) in [5, 5.41) is 1.34. The normalized spacial score (nSPS) is 28.9. The first-order chi connectivity index (χ1) is 5.65. The van der Waals surface area contributed by atoms with E-state index in [1.54, 1.807) is 7.05 Å². The van der Waals surface area contributed by atoms with Crippen molar-refractivity contribution in [2.24, 2.45) is 11.8 Å². The van der Waals surface area contributed by atoms with Crippen molar-refractivity contribution in [1.29, 1.82) is 0 Å². The molecule has 3 heteroatoms. The molecule has 0 aromatic carbocycles. The Morgan fingerprint density at radius 3 is 2.58 bits per heavy atom. The lowest BCUT2D eigenvalue weighted by Crippen LogP contribution is -2.30. The first-order valence-electron chi connectivity index (χ1n) is 4.46. The lowest BCUT2D eigenvalue weighted by Gasteiger charge is -2.17. The molecule has 3 nitrogen and oxygen atoms in total. The van der Waals surface area contributed by atoms with Gasteiger partial charge in [0, 0.05) is 13.0 Å². The Hall–Kier alpha value is -0.570. The van der Waals surface area contributed by atoms with E-state index in [0.29, 0.717) is 5.92 Å². The summed E-state index contributed by atoms with van der Waals surface area (Å²) in [7, 11) is 3.20. The molecule has 0 radical (unpaired) electrons. The molecule has 0 saturated heterocycles. The number of carbonyl (C=O) groups is 1. The molecule has 1 aliphatic carbocycles. The highest BCUT2D eigenvalue weighted by Crippen LogP contribution is 2.31. The van der Waals surface area contributed by atoms with Crippen molar-refractivity contribution < 1.29 is 9.63 Å². The lowest BCUT2D eigenvalue weighted by atomic mass is 10.1. The van der Waals surface area contributed by atoms with Crippen LogP contribution in [0.15, 0.2) is 0 Å². The maximum Gasteiger partial charge on any atom is 0.248 e. The summed E-state index contributed by atoms with van der Waals surface area (Å²) in [4.78, 5) is 16.4. The van der Waals surface area contributed by atoms with E-state index >= 15 is 0 Å². The fourth-order valence-electron chi connectivity index (χ4n) is 1.78. The highest BCUT2D eigenvalue weighted by Gasteiger charge is 2.29. The van der Waals surface area contributed by atoms with Gasteiger partial charge in [0.15, 0.2) is 0 Å². The van der Waals surface area contributed by atoms with E-state index in [0.717, 1.165) is 12.8 Å². The van der Waals surface area contributed by atoms with Crippen LogP contribution < -0.4 is 0 Å². The SMILES string of the molecule is CON(C)C(=O)C1CCC(C)C1. The molecule has 0 spiro atoms. The fourth-order valence-corrected chi connectivity index (χ4v) is 1.78. The molecule has 1 rings (SSSR count). The summed E-state index contributed by atoms with van der Waals surface area (Å²) in [6.45, 7) is 2.19. The molecule has 2 unspecified atom stereocenters. The second-order valence-electron chi connectivity index (χ2n) is 3.63. The third-order valence-electron chi connectivity index (χ3n) is 2.63. The predicted octanol–water partition coefficient (Wildman–Crippen LogP) is 1.44. The van der Waals surface area contributed by atoms with E-state index in [2.05, 4.69) is 6.92 Å². The number of rotatable bonds is 2. The Morgan fingerprint density at radius 1 is 1.50 bits per heavy atom. The summed E-state index contributed by atoms with van der Waals surface area (Å²) in [5.74, 6) is 1.02. The summed E-state index contributed by atoms with van der Waals surface area (Å²) >= 11 is 0. The molecule has 0 N–H and O–H groups in total. The highest BCUT2D eigenvalue weighted by atomic mass is 16.7. The van der Waals surface area contributed by atoms with Gasteiger partial charge in [-0.25, -0.2) is 5.06 Å². The smallest absolute Gasteiger partial charge is 0.248 e. The number of hydrogen-bond donors (Lipinski definition) is 0. The third kappa shape index (κ3) is 1.97. The van der Waals surface area contributed by atoms with Crippen molar-refractivity contribution in [3.05, 3.63) is 0 Å². The Balaban J connectivity index is 2.43. The Kier molecular flexibility index (Phi) is 3.09. The van der Waals surface area contributed by atoms with Gasteiger partial charge in [-0.2, -0.15) is 0 Å². The molecule has 1 amide bonds. The largest absolute Gasteiger partial charge is 0.275 e. The van der Waals surface area contributed by atoms with E-state index in [4.69, 9.17) is 4.84 Å². The molecule has 0 aliphatic heterocycles. The molecule has 12 heavy (non-hydrogen) atoms. The van der Waals surface area contributed by atoms with Gasteiger partial charge >= 0.3 is 0 Å². The topological polar surface area (TPSA) is 29.5 Å². The summed E-state index contributed by atoms with van der Waals surface area (Å²) in [6, 6.07) is 0. The molecule has 0 bridgehead atoms. The highest BCUT2D eigenvalue weighted by molar-refractivity contribution is 5.77. The minimum absolute atomic E-state index is 0.127. The van der Waals surface area contributed by atoms with Crippen LogP contribution in [0.1, 0.15) is 26.2 Å². The average Bonchev–Trinajstić information content (AvgIpc) is 2.49. The molecule has 70 valence electrons. The van der Waals surface area contributed by atoms with E-state index in [1.165, 1.54) is 18.6 Å². The van der Waals surface area contributed by atoms with Crippen LogP contribution in [0.5, 0.6) is 0 Å². The zero-order valence-electron chi connectivity index (χ0n) is 8.04. The second-order valence-corrected chi connectivity index (χ2v) is 3.63. The number of carbonyl (C=O) groups excluding carboxylic acids is 1. The van der Waals surface area contributed by atoms with Crippen molar-refractivity contribution in [3.63, 3.8) is 0 Å². The molecular formula is C9H17NO2. The number of amides is 1. The molecule has 1 saturated carbocycles. The molecule has 0 aromatic rings. The van der Waals surface area contributed by atoms with Gasteiger partial charge in [-0.3, -0.25) is 9.63 Å². The van der Waals surface area contributed by atoms with E-state index in [9.17, 15) is 4.79 Å². The van der Waals surface area contributed by atoms with Gasteiger partial charge in [0.05, 0.1) is 7.11 Å². The van der Waals surface area contributed by atoms with Crippen molar-refractivity contribution in [1.82, 2.24) is 5.06 Å². The first-order valence-corrected chi connectivity index (χ1v) is 4.46. The monoisotopic (exact) mass is 171 g/mol. The van der Waals surface area contributed by atoms with E-state index in [1.807, 2.05) is 0 Å². The van der Waals surface area contributed by atoms with Gasteiger partial charge in [0.2, 0.25) is 5.91 Å². The molecule has 2 atom stereocenters. The number of nitrogens with zero attached hydrogens (tertiary/aromatic N) is 1. The molecule has 1 fully saturated rings. The van der Waals surface area contributed by atoms with Gasteiger partial charge in [0.25, 0.3) is 0 Å². The van der Waals surface area contributed by atoms with Crippen LogP contribution in [0.2, 0.25) is 0 Å². The zero-order chi connectivity index (χ0) is 9.14. The maximum atomic E-state index is 11.5. The molecular weight excluding hydrogens is 154 g/mol. The fraction of sp³-hybridized carbons (Fsp3) is 0.889. The minimum Gasteiger partial charge on any atom is -0.275 e. The van der Waals surface area contributed by atoms with Gasteiger partial charge < -0.3 is 0 Å². The quantitative estimate of drug-likeness (QED) is 0.588. The van der Waals surface area contributed by atoms with Gasteiger partial charge in [0.1, 0.15) is 0 Å². The Labute approximate surface area is 73.6 Å². The summed E-state index contributed by atoms with van der Waals surface area (Å²) in [6.07, 6.45) is 3.22. The average molecular weight is 171 g/mol. The van der Waals surface area contributed by atoms with E-state index in [-0.39, 0.29) is 11.8 Å². The summed E-state index contributed by atoms with van der Waals surface area (Å²) in [5.41, 5.74) is 0. The molecule has 0 aromatic heterocycles. The Morgan fingerprint density at radius 2 is 2.17 bits per heavy atom. The van der Waals surface area contributed by atoms with Crippen molar-refractivity contribution in [2.75, 3.05) is 14.2 Å².